The Morgan fingerprint density at radius 3 is 2.31 bits per heavy atom. The highest BCUT2D eigenvalue weighted by Gasteiger charge is 2.48. The molecular formula is C29H33F3N6O6S. The number of Topliss-reactive ketones (excluding diaryl/α,β-unsaturated/α-hetero) is 1. The minimum Gasteiger partial charge on any atom is -0.363 e. The van der Waals surface area contributed by atoms with E-state index in [0.717, 1.165) is 42.1 Å². The van der Waals surface area contributed by atoms with Crippen molar-refractivity contribution in [2.24, 2.45) is 29.4 Å². The first kappa shape index (κ1) is 32.3. The van der Waals surface area contributed by atoms with Gasteiger partial charge in [-0.3, -0.25) is 28.8 Å². The molecule has 1 atom stereocenters. The number of aromatic nitrogens is 2. The zero-order valence-electron chi connectivity index (χ0n) is 24.3. The van der Waals surface area contributed by atoms with Crippen molar-refractivity contribution in [1.82, 2.24) is 20.2 Å². The van der Waals surface area contributed by atoms with Gasteiger partial charge in [-0.05, 0) is 81.3 Å². The van der Waals surface area contributed by atoms with Gasteiger partial charge >= 0.3 is 6.18 Å². The lowest BCUT2D eigenvalue weighted by atomic mass is 9.54. The second-order valence-electron chi connectivity index (χ2n) is 12.2. The molecule has 0 radical (unpaired) electrons. The van der Waals surface area contributed by atoms with Gasteiger partial charge < -0.3 is 26.3 Å². The summed E-state index contributed by atoms with van der Waals surface area (Å²) >= 11 is 0.0791. The van der Waals surface area contributed by atoms with Crippen LogP contribution in [-0.4, -0.2) is 51.0 Å². The number of nitrogens with one attached hydrogen (secondary N) is 3. The summed E-state index contributed by atoms with van der Waals surface area (Å²) in [5.74, 6) is -2.35. The number of ketones is 1. The zero-order chi connectivity index (χ0) is 32.6. The predicted molar refractivity (Wildman–Crippen MR) is 155 cm³/mol. The van der Waals surface area contributed by atoms with Crippen LogP contribution in [0.25, 0.3) is 0 Å². The number of rotatable bonds is 11. The molecule has 0 saturated heterocycles. The van der Waals surface area contributed by atoms with E-state index >= 15 is 0 Å². The van der Waals surface area contributed by atoms with Crippen molar-refractivity contribution in [3.8, 4) is 0 Å². The van der Waals surface area contributed by atoms with Crippen molar-refractivity contribution >= 4 is 46.4 Å². The lowest BCUT2D eigenvalue weighted by molar-refractivity contribution is -0.137. The van der Waals surface area contributed by atoms with Gasteiger partial charge in [-0.2, -0.15) is 13.2 Å². The summed E-state index contributed by atoms with van der Waals surface area (Å²) in [7, 11) is 0. The van der Waals surface area contributed by atoms with Crippen LogP contribution in [0, 0.1) is 30.6 Å². The molecule has 2 heterocycles. The van der Waals surface area contributed by atoms with E-state index < -0.39 is 64.0 Å². The molecule has 4 bridgehead atoms. The molecule has 2 aromatic rings. The molecule has 4 saturated carbocycles. The molecule has 0 aliphatic heterocycles. The van der Waals surface area contributed by atoms with Crippen molar-refractivity contribution < 1.29 is 37.1 Å². The molecule has 4 aliphatic carbocycles. The highest BCUT2D eigenvalue weighted by atomic mass is 32.1. The summed E-state index contributed by atoms with van der Waals surface area (Å²) < 4.78 is 40.5. The average Bonchev–Trinajstić information content (AvgIpc) is 3.36. The van der Waals surface area contributed by atoms with Crippen LogP contribution >= 0.6 is 11.3 Å². The first-order valence-corrected chi connectivity index (χ1v) is 15.5. The minimum atomic E-state index is -4.79. The number of alkyl halides is 3. The quantitative estimate of drug-likeness (QED) is 0.269. The Bertz CT molecular complexity index is 1560. The zero-order valence-corrected chi connectivity index (χ0v) is 25.1. The molecule has 0 aromatic carbocycles. The van der Waals surface area contributed by atoms with E-state index in [4.69, 9.17) is 5.73 Å². The topological polar surface area (TPSA) is 182 Å². The molecule has 4 fully saturated rings. The van der Waals surface area contributed by atoms with E-state index in [-0.39, 0.29) is 41.2 Å². The monoisotopic (exact) mass is 650 g/mol. The number of anilines is 1. The van der Waals surface area contributed by atoms with Gasteiger partial charge in [0.2, 0.25) is 17.6 Å². The lowest BCUT2D eigenvalue weighted by Gasteiger charge is -2.54. The third kappa shape index (κ3) is 7.26. The van der Waals surface area contributed by atoms with E-state index in [9.17, 15) is 41.9 Å². The molecule has 12 nitrogen and oxygen atoms in total. The molecule has 16 heteroatoms. The Hall–Kier alpha value is -4.08. The number of nitrogens with zero attached hydrogens (tertiary/aromatic N) is 2. The number of nitrogens with two attached hydrogens (primary N) is 1. The lowest BCUT2D eigenvalue weighted by Crippen LogP contribution is -2.56. The normalized spacial score (nSPS) is 24.1. The van der Waals surface area contributed by atoms with Crippen molar-refractivity contribution in [2.45, 2.75) is 76.7 Å². The summed E-state index contributed by atoms with van der Waals surface area (Å²) in [6.07, 6.45) is 1.29. The smallest absolute Gasteiger partial charge is 0.363 e. The number of pyridine rings is 1. The number of carbonyl (C=O) groups is 5. The SMILES string of the molecule is Cc1nc(C(F)(F)F)sc1C(=O)N[C@@H](CCC(=O)C(N)=O)C(=O)Nc1cccn(CC(=O)NC2C3CC4CC(C3)CC2C4)c1=O. The fourth-order valence-electron chi connectivity index (χ4n) is 7.14. The van der Waals surface area contributed by atoms with Crippen LogP contribution in [0.5, 0.6) is 0 Å². The molecule has 6 rings (SSSR count). The second kappa shape index (κ2) is 12.7. The van der Waals surface area contributed by atoms with Crippen LogP contribution in [0.3, 0.4) is 0 Å². The minimum absolute atomic E-state index is 0.0748. The fourth-order valence-corrected chi connectivity index (χ4v) is 7.98. The first-order chi connectivity index (χ1) is 21.2. The Morgan fingerprint density at radius 1 is 1.09 bits per heavy atom. The third-order valence-electron chi connectivity index (χ3n) is 8.95. The number of amides is 4. The largest absolute Gasteiger partial charge is 0.443 e. The number of thiazole rings is 1. The summed E-state index contributed by atoms with van der Waals surface area (Å²) in [4.78, 5) is 78.3. The van der Waals surface area contributed by atoms with Crippen LogP contribution in [0.2, 0.25) is 0 Å². The number of primary amides is 1. The summed E-state index contributed by atoms with van der Waals surface area (Å²) in [5.41, 5.74) is 3.81. The molecule has 2 aromatic heterocycles. The maximum absolute atomic E-state index is 13.2. The van der Waals surface area contributed by atoms with Crippen LogP contribution in [0.1, 0.15) is 65.3 Å². The molecule has 45 heavy (non-hydrogen) atoms. The molecule has 4 amide bonds. The van der Waals surface area contributed by atoms with Crippen molar-refractivity contribution in [3.05, 3.63) is 44.3 Å². The van der Waals surface area contributed by atoms with Gasteiger partial charge in [-0.25, -0.2) is 4.98 Å². The fraction of sp³-hybridized carbons (Fsp3) is 0.552. The van der Waals surface area contributed by atoms with Crippen LogP contribution in [0.4, 0.5) is 18.9 Å². The van der Waals surface area contributed by atoms with Gasteiger partial charge in [0.1, 0.15) is 23.2 Å². The van der Waals surface area contributed by atoms with E-state index in [0.29, 0.717) is 11.8 Å². The van der Waals surface area contributed by atoms with E-state index in [1.165, 1.54) is 31.7 Å². The van der Waals surface area contributed by atoms with Gasteiger partial charge in [0.05, 0.1) is 5.69 Å². The molecule has 0 spiro atoms. The van der Waals surface area contributed by atoms with Crippen LogP contribution in [0.15, 0.2) is 23.1 Å². The van der Waals surface area contributed by atoms with Gasteiger partial charge in [0, 0.05) is 18.7 Å². The van der Waals surface area contributed by atoms with Crippen LogP contribution < -0.4 is 27.2 Å². The number of carbonyl (C=O) groups excluding carboxylic acids is 5. The number of halogens is 3. The van der Waals surface area contributed by atoms with E-state index in [1.54, 1.807) is 0 Å². The average molecular weight is 651 g/mol. The maximum atomic E-state index is 13.2. The van der Waals surface area contributed by atoms with Crippen LogP contribution in [-0.2, 0) is 31.9 Å². The number of hydrogen-bond acceptors (Lipinski definition) is 8. The highest BCUT2D eigenvalue weighted by molar-refractivity contribution is 7.13. The maximum Gasteiger partial charge on any atom is 0.443 e. The van der Waals surface area contributed by atoms with Crippen molar-refractivity contribution in [3.63, 3.8) is 0 Å². The number of aryl methyl sites for hydroxylation is 1. The van der Waals surface area contributed by atoms with Gasteiger partial charge in [-0.1, -0.05) is 0 Å². The Kier molecular flexibility index (Phi) is 9.14. The highest BCUT2D eigenvalue weighted by Crippen LogP contribution is 2.53. The van der Waals surface area contributed by atoms with Gasteiger partial charge in [0.15, 0.2) is 5.01 Å². The van der Waals surface area contributed by atoms with Gasteiger partial charge in [-0.15, -0.1) is 11.3 Å². The molecule has 5 N–H and O–H groups in total. The standard InChI is InChI=1S/C29H33F3N6O6S/c1-13-23(45-28(34-13)29(30,31)32)26(43)35-18(4-5-20(39)24(33)41)25(42)36-19-3-2-6-38(27(19)44)12-21(40)37-22-16-8-14-7-15(10-16)11-17(22)9-14/h2-3,6,14-18,22H,4-5,7-12H2,1H3,(H2,33,41)(H,35,43)(H,36,42)(H,37,40)/t14?,15?,16?,17?,18-,22?/m0/s1. The molecule has 4 aliphatic rings. The summed E-state index contributed by atoms with van der Waals surface area (Å²) in [6.45, 7) is 0.906. The molecular weight excluding hydrogens is 617 g/mol. The van der Waals surface area contributed by atoms with E-state index in [2.05, 4.69) is 20.9 Å². The Labute approximate surface area is 259 Å². The van der Waals surface area contributed by atoms with Crippen molar-refractivity contribution in [1.29, 1.82) is 0 Å². The summed E-state index contributed by atoms with van der Waals surface area (Å²) in [6, 6.07) is 1.25. The van der Waals surface area contributed by atoms with Gasteiger partial charge in [0.25, 0.3) is 17.4 Å². The Balaban J connectivity index is 1.27. The Morgan fingerprint density at radius 2 is 1.73 bits per heavy atom. The van der Waals surface area contributed by atoms with Crippen molar-refractivity contribution in [2.75, 3.05) is 5.32 Å². The molecule has 242 valence electrons. The third-order valence-corrected chi connectivity index (χ3v) is 10.1. The predicted octanol–water partition coefficient (Wildman–Crippen LogP) is 2.14. The second-order valence-corrected chi connectivity index (χ2v) is 13.2. The molecule has 0 unspecified atom stereocenters. The van der Waals surface area contributed by atoms with E-state index in [1.807, 2.05) is 0 Å². The number of hydrogen-bond donors (Lipinski definition) is 4. The summed E-state index contributed by atoms with van der Waals surface area (Å²) in [5, 5.41) is 6.50. The first-order valence-electron chi connectivity index (χ1n) is 14.7.